The van der Waals surface area contributed by atoms with Crippen LogP contribution in [-0.2, 0) is 0 Å². The number of para-hydroxylation sites is 1. The van der Waals surface area contributed by atoms with E-state index in [9.17, 15) is 0 Å². The topological polar surface area (TPSA) is 58.3 Å². The van der Waals surface area contributed by atoms with E-state index in [2.05, 4.69) is 27.1 Å². The molecule has 158 valence electrons. The molecule has 1 N–H and O–H groups in total. The van der Waals surface area contributed by atoms with Crippen LogP contribution >= 0.6 is 0 Å². The summed E-state index contributed by atoms with van der Waals surface area (Å²) in [6, 6.07) is 15.7. The number of benzene rings is 2. The van der Waals surface area contributed by atoms with E-state index >= 15 is 0 Å². The first kappa shape index (κ1) is 24.6. The lowest BCUT2D eigenvalue weighted by molar-refractivity contribution is 0.411. The first-order chi connectivity index (χ1) is 14.5. The van der Waals surface area contributed by atoms with Crippen molar-refractivity contribution in [2.24, 2.45) is 15.1 Å². The van der Waals surface area contributed by atoms with Gasteiger partial charge in [0.2, 0.25) is 0 Å². The van der Waals surface area contributed by atoms with Gasteiger partial charge in [-0.2, -0.15) is 5.10 Å². The Labute approximate surface area is 180 Å². The quantitative estimate of drug-likeness (QED) is 0.418. The predicted octanol–water partition coefficient (Wildman–Crippen LogP) is 6.23. The van der Waals surface area contributed by atoms with Crippen molar-refractivity contribution in [1.29, 1.82) is 0 Å². The molecule has 0 radical (unpaired) electrons. The molecule has 0 spiro atoms. The summed E-state index contributed by atoms with van der Waals surface area (Å²) < 4.78 is 5.28. The molecule has 30 heavy (non-hydrogen) atoms. The Morgan fingerprint density at radius 1 is 1.07 bits per heavy atom. The highest BCUT2D eigenvalue weighted by atomic mass is 16.5. The predicted molar refractivity (Wildman–Crippen MR) is 130 cm³/mol. The lowest BCUT2D eigenvalue weighted by Gasteiger charge is -2.08. The Balaban J connectivity index is 0.00000218. The SMILES string of the molecule is C=CN=C(C)/C(C=Nc1ccccc1)=C(\C)N/N=C/c1ccc(OC)c(C)c1.CC. The molecule has 0 aliphatic rings. The van der Waals surface area contributed by atoms with Crippen LogP contribution in [0.15, 0.2) is 87.7 Å². The monoisotopic (exact) mass is 404 g/mol. The van der Waals surface area contributed by atoms with Crippen LogP contribution in [0.2, 0.25) is 0 Å². The lowest BCUT2D eigenvalue weighted by Crippen LogP contribution is -2.11. The molecule has 0 atom stereocenters. The molecule has 0 fully saturated rings. The number of methoxy groups -OCH3 is 1. The summed E-state index contributed by atoms with van der Waals surface area (Å²) in [5.41, 5.74) is 8.47. The molecule has 0 aliphatic carbocycles. The van der Waals surface area contributed by atoms with Gasteiger partial charge in [0.05, 0.1) is 19.0 Å². The van der Waals surface area contributed by atoms with Crippen LogP contribution < -0.4 is 10.2 Å². The number of aryl methyl sites for hydroxylation is 1. The van der Waals surface area contributed by atoms with Gasteiger partial charge in [0, 0.05) is 29.4 Å². The summed E-state index contributed by atoms with van der Waals surface area (Å²) in [7, 11) is 1.66. The Bertz CT molecular complexity index is 925. The number of hydrazone groups is 1. The summed E-state index contributed by atoms with van der Waals surface area (Å²) in [6.45, 7) is 13.5. The second kappa shape index (κ2) is 13.7. The van der Waals surface area contributed by atoms with Crippen LogP contribution in [0.5, 0.6) is 5.75 Å². The van der Waals surface area contributed by atoms with Gasteiger partial charge in [-0.15, -0.1) is 0 Å². The molecule has 2 aromatic carbocycles. The number of aliphatic imine (C=N–C) groups is 2. The van der Waals surface area contributed by atoms with Crippen LogP contribution in [0.3, 0.4) is 0 Å². The number of rotatable bonds is 8. The first-order valence-electron chi connectivity index (χ1n) is 9.94. The molecule has 2 rings (SSSR count). The Morgan fingerprint density at radius 2 is 1.77 bits per heavy atom. The summed E-state index contributed by atoms with van der Waals surface area (Å²) >= 11 is 0. The maximum atomic E-state index is 5.28. The molecular formula is C25H32N4O. The third kappa shape index (κ3) is 7.87. The molecule has 5 heteroatoms. The van der Waals surface area contributed by atoms with Crippen molar-refractivity contribution in [3.05, 3.63) is 83.7 Å². The van der Waals surface area contributed by atoms with Gasteiger partial charge in [0.15, 0.2) is 0 Å². The van der Waals surface area contributed by atoms with Crippen LogP contribution in [0.4, 0.5) is 5.69 Å². The minimum absolute atomic E-state index is 0.801. The van der Waals surface area contributed by atoms with Gasteiger partial charge < -0.3 is 4.74 Å². The Hall–Kier alpha value is -3.47. The second-order valence-electron chi connectivity index (χ2n) is 6.13. The van der Waals surface area contributed by atoms with Crippen LogP contribution in [0.25, 0.3) is 0 Å². The first-order valence-corrected chi connectivity index (χ1v) is 9.94. The lowest BCUT2D eigenvalue weighted by atomic mass is 10.1. The third-order valence-corrected chi connectivity index (χ3v) is 4.04. The molecule has 0 unspecified atom stereocenters. The largest absolute Gasteiger partial charge is 0.496 e. The number of allylic oxidation sites excluding steroid dienone is 2. The summed E-state index contributed by atoms with van der Waals surface area (Å²) in [5, 5.41) is 4.34. The van der Waals surface area contributed by atoms with Gasteiger partial charge in [-0.3, -0.25) is 15.4 Å². The highest BCUT2D eigenvalue weighted by molar-refractivity contribution is 6.16. The average Bonchev–Trinajstić information content (AvgIpc) is 2.76. The van der Waals surface area contributed by atoms with Gasteiger partial charge in [0.1, 0.15) is 5.75 Å². The van der Waals surface area contributed by atoms with Crippen molar-refractivity contribution in [3.8, 4) is 5.75 Å². The molecule has 2 aromatic rings. The summed E-state index contributed by atoms with van der Waals surface area (Å²) in [4.78, 5) is 8.81. The molecule has 0 saturated heterocycles. The van der Waals surface area contributed by atoms with E-state index in [4.69, 9.17) is 4.74 Å². The number of nitrogens with one attached hydrogen (secondary N) is 1. The molecule has 0 aliphatic heterocycles. The van der Waals surface area contributed by atoms with E-state index in [1.807, 2.05) is 83.1 Å². The van der Waals surface area contributed by atoms with Gasteiger partial charge >= 0.3 is 0 Å². The van der Waals surface area contributed by atoms with Crippen LogP contribution in [0, 0.1) is 6.92 Å². The van der Waals surface area contributed by atoms with E-state index in [-0.39, 0.29) is 0 Å². The molecule has 0 heterocycles. The molecule has 0 amide bonds. The standard InChI is InChI=1S/C23H26N4O.C2H6/c1-6-24-18(3)22(16-25-21-10-8-7-9-11-21)19(4)27-26-15-20-12-13-23(28-5)17(2)14-20;1-2/h6-16,27H,1H2,2-5H3;1-2H3/b22-19+,24-18?,25-16?,26-15+;. The smallest absolute Gasteiger partial charge is 0.121 e. The van der Waals surface area contributed by atoms with E-state index in [1.54, 1.807) is 19.5 Å². The van der Waals surface area contributed by atoms with E-state index in [0.717, 1.165) is 39.5 Å². The van der Waals surface area contributed by atoms with Gasteiger partial charge in [-0.1, -0.05) is 38.6 Å². The number of nitrogens with zero attached hydrogens (tertiary/aromatic N) is 3. The Kier molecular flexibility index (Phi) is 11.2. The minimum Gasteiger partial charge on any atom is -0.496 e. The number of ether oxygens (including phenoxy) is 1. The van der Waals surface area contributed by atoms with Crippen molar-refractivity contribution >= 4 is 23.8 Å². The molecule has 5 nitrogen and oxygen atoms in total. The maximum Gasteiger partial charge on any atom is 0.121 e. The highest BCUT2D eigenvalue weighted by Crippen LogP contribution is 2.17. The number of hydrogen-bond donors (Lipinski definition) is 1. The zero-order chi connectivity index (χ0) is 22.4. The van der Waals surface area contributed by atoms with Crippen molar-refractivity contribution in [2.45, 2.75) is 34.6 Å². The van der Waals surface area contributed by atoms with Crippen LogP contribution in [0.1, 0.15) is 38.8 Å². The van der Waals surface area contributed by atoms with E-state index in [1.165, 1.54) is 6.20 Å². The van der Waals surface area contributed by atoms with E-state index < -0.39 is 0 Å². The summed E-state index contributed by atoms with van der Waals surface area (Å²) in [5.74, 6) is 0.858. The fraction of sp³-hybridized carbons (Fsp3) is 0.240. The second-order valence-corrected chi connectivity index (χ2v) is 6.13. The average molecular weight is 405 g/mol. The maximum absolute atomic E-state index is 5.28. The molecule has 0 bridgehead atoms. The van der Waals surface area contributed by atoms with Crippen LogP contribution in [-0.4, -0.2) is 25.3 Å². The van der Waals surface area contributed by atoms with E-state index in [0.29, 0.717) is 0 Å². The van der Waals surface area contributed by atoms with Gasteiger partial charge in [0.25, 0.3) is 0 Å². The third-order valence-electron chi connectivity index (χ3n) is 4.04. The molecule has 0 saturated carbocycles. The number of hydrogen-bond acceptors (Lipinski definition) is 5. The molecular weight excluding hydrogens is 372 g/mol. The Morgan fingerprint density at radius 3 is 2.37 bits per heavy atom. The van der Waals surface area contributed by atoms with Gasteiger partial charge in [-0.25, -0.2) is 0 Å². The normalized spacial score (nSPS) is 12.3. The highest BCUT2D eigenvalue weighted by Gasteiger charge is 2.04. The van der Waals surface area contributed by atoms with Crippen molar-refractivity contribution in [3.63, 3.8) is 0 Å². The zero-order valence-corrected chi connectivity index (χ0v) is 18.8. The summed E-state index contributed by atoms with van der Waals surface area (Å²) in [6.07, 6.45) is 5.07. The fourth-order valence-electron chi connectivity index (χ4n) is 2.57. The van der Waals surface area contributed by atoms with Crippen molar-refractivity contribution in [1.82, 2.24) is 5.43 Å². The minimum atomic E-state index is 0.801. The van der Waals surface area contributed by atoms with Crippen molar-refractivity contribution in [2.75, 3.05) is 7.11 Å². The van der Waals surface area contributed by atoms with Crippen molar-refractivity contribution < 1.29 is 4.74 Å². The van der Waals surface area contributed by atoms with Gasteiger partial charge in [-0.05, 0) is 62.2 Å². The zero-order valence-electron chi connectivity index (χ0n) is 18.8. The fourth-order valence-corrected chi connectivity index (χ4v) is 2.57. The molecule has 0 aromatic heterocycles.